The summed E-state index contributed by atoms with van der Waals surface area (Å²) < 4.78 is 67.4. The third kappa shape index (κ3) is 2.18. The van der Waals surface area contributed by atoms with Crippen molar-refractivity contribution in [3.63, 3.8) is 0 Å². The van der Waals surface area contributed by atoms with Crippen LogP contribution >= 0.6 is 38.5 Å². The molecular weight excluding hydrogens is 369 g/mol. The van der Waals surface area contributed by atoms with E-state index >= 15 is 0 Å². The summed E-state index contributed by atoms with van der Waals surface area (Å²) in [5.41, 5.74) is 0. The van der Waals surface area contributed by atoms with Gasteiger partial charge in [0.15, 0.2) is 0 Å². The van der Waals surface area contributed by atoms with E-state index in [1.807, 2.05) is 0 Å². The largest absolute Gasteiger partial charge is 0.363 e. The summed E-state index contributed by atoms with van der Waals surface area (Å²) in [5.74, 6) is -4.88. The third-order valence-electron chi connectivity index (χ3n) is 0.869. The lowest BCUT2D eigenvalue weighted by Crippen LogP contribution is -2.43. The normalized spacial score (nSPS) is 18.5. The molecule has 2 radical (unpaired) electrons. The summed E-state index contributed by atoms with van der Waals surface area (Å²) in [7, 11) is 0. The molecule has 0 fully saturated rings. The highest BCUT2D eigenvalue weighted by Gasteiger charge is 2.66. The van der Waals surface area contributed by atoms with Crippen LogP contribution in [0.3, 0.4) is 0 Å². The highest BCUT2D eigenvalue weighted by molar-refractivity contribution is 14.1. The lowest BCUT2D eigenvalue weighted by Gasteiger charge is -2.25. The molecule has 0 bridgehead atoms. The Morgan fingerprint density at radius 1 is 1.08 bits per heavy atom. The smallest absolute Gasteiger partial charge is 0.219 e. The van der Waals surface area contributed by atoms with Gasteiger partial charge in [0, 0.05) is 0 Å². The SMILES string of the molecule is F[C](Br)C(F)(F)C(F)(I)[C](F)F. The molecule has 0 aliphatic rings. The van der Waals surface area contributed by atoms with E-state index in [9.17, 15) is 26.3 Å². The lowest BCUT2D eigenvalue weighted by atomic mass is 10.2. The van der Waals surface area contributed by atoms with Gasteiger partial charge in [-0.15, -0.1) is 0 Å². The van der Waals surface area contributed by atoms with E-state index in [0.29, 0.717) is 0 Å². The minimum atomic E-state index is -4.88. The molecule has 0 aromatic rings. The van der Waals surface area contributed by atoms with Gasteiger partial charge < -0.3 is 0 Å². The van der Waals surface area contributed by atoms with Crippen molar-refractivity contribution in [2.45, 2.75) is 9.60 Å². The number of rotatable bonds is 3. The second-order valence-corrected chi connectivity index (χ2v) is 3.85. The average Bonchev–Trinajstić information content (AvgIpc) is 1.86. The number of hydrogen-bond acceptors (Lipinski definition) is 0. The molecular formula is C4BrF6I. The Kier molecular flexibility index (Phi) is 4.14. The molecule has 0 heterocycles. The zero-order valence-electron chi connectivity index (χ0n) is 5.02. The van der Waals surface area contributed by atoms with Crippen LogP contribution in [0.15, 0.2) is 0 Å². The van der Waals surface area contributed by atoms with Gasteiger partial charge in [-0.25, -0.2) is 8.78 Å². The minimum Gasteiger partial charge on any atom is -0.219 e. The van der Waals surface area contributed by atoms with Gasteiger partial charge in [-0.05, 0) is 38.5 Å². The van der Waals surface area contributed by atoms with Crippen molar-refractivity contribution in [2.75, 3.05) is 0 Å². The molecule has 1 unspecified atom stereocenters. The third-order valence-corrected chi connectivity index (χ3v) is 2.45. The highest BCUT2D eigenvalue weighted by Crippen LogP contribution is 2.53. The van der Waals surface area contributed by atoms with Gasteiger partial charge >= 0.3 is 12.3 Å². The predicted molar refractivity (Wildman–Crippen MR) is 41.5 cm³/mol. The Bertz CT molecular complexity index is 140. The van der Waals surface area contributed by atoms with E-state index in [0.717, 1.165) is 0 Å². The summed E-state index contributed by atoms with van der Waals surface area (Å²) in [5, 5.41) is -2.38. The quantitative estimate of drug-likeness (QED) is 0.401. The van der Waals surface area contributed by atoms with Crippen LogP contribution in [0, 0.1) is 11.5 Å². The molecule has 8 heteroatoms. The van der Waals surface area contributed by atoms with E-state index in [1.165, 1.54) is 0 Å². The molecule has 0 saturated carbocycles. The second-order valence-electron chi connectivity index (χ2n) is 1.67. The fourth-order valence-electron chi connectivity index (χ4n) is 0.237. The molecule has 0 rings (SSSR count). The van der Waals surface area contributed by atoms with E-state index in [1.54, 1.807) is 15.9 Å². The maximum Gasteiger partial charge on any atom is 0.363 e. The molecule has 0 aliphatic carbocycles. The first kappa shape index (κ1) is 12.8. The average molecular weight is 369 g/mol. The topological polar surface area (TPSA) is 0 Å². The monoisotopic (exact) mass is 368 g/mol. The zero-order valence-corrected chi connectivity index (χ0v) is 8.77. The molecule has 0 nitrogen and oxygen atoms in total. The fraction of sp³-hybridized carbons (Fsp3) is 0.500. The molecule has 0 aromatic heterocycles. The van der Waals surface area contributed by atoms with Gasteiger partial charge in [-0.1, -0.05) is 0 Å². The Labute approximate surface area is 86.0 Å². The fourth-order valence-corrected chi connectivity index (χ4v) is 1.12. The number of hydrogen-bond donors (Lipinski definition) is 0. The van der Waals surface area contributed by atoms with Crippen LogP contribution in [0.25, 0.3) is 0 Å². The van der Waals surface area contributed by atoms with Crippen LogP contribution in [0.1, 0.15) is 0 Å². The van der Waals surface area contributed by atoms with Gasteiger partial charge in [0.2, 0.25) is 0 Å². The predicted octanol–water partition coefficient (Wildman–Crippen LogP) is 4.00. The first-order valence-corrected chi connectivity index (χ1v) is 4.13. The van der Waals surface area contributed by atoms with Crippen LogP contribution in [0.4, 0.5) is 26.3 Å². The molecule has 72 valence electrons. The standard InChI is InChI=1S/C4BrF6I/c5-1(6)3(9,10)4(11,12)2(7)8. The van der Waals surface area contributed by atoms with Crippen molar-refractivity contribution in [1.29, 1.82) is 0 Å². The Hall–Kier alpha value is 0.790. The summed E-state index contributed by atoms with van der Waals surface area (Å²) in [6.07, 6.45) is -3.19. The molecule has 0 saturated heterocycles. The van der Waals surface area contributed by atoms with Gasteiger partial charge in [-0.3, -0.25) is 0 Å². The first-order chi connectivity index (χ1) is 5.14. The van der Waals surface area contributed by atoms with E-state index < -0.39 is 21.1 Å². The molecule has 0 aliphatic heterocycles. The van der Waals surface area contributed by atoms with E-state index in [2.05, 4.69) is 0 Å². The first-order valence-electron chi connectivity index (χ1n) is 2.26. The minimum absolute atomic E-state index is 0.129. The van der Waals surface area contributed by atoms with Crippen LogP contribution in [-0.4, -0.2) is 9.60 Å². The Balaban J connectivity index is 4.75. The Morgan fingerprint density at radius 2 is 1.42 bits per heavy atom. The highest BCUT2D eigenvalue weighted by atomic mass is 127. The van der Waals surface area contributed by atoms with Gasteiger partial charge in [0.1, 0.15) is 0 Å². The zero-order chi connectivity index (χ0) is 10.2. The summed E-state index contributed by atoms with van der Waals surface area (Å²) in [6, 6.07) is 0. The number of halogens is 8. The maximum absolute atomic E-state index is 12.4. The van der Waals surface area contributed by atoms with Crippen molar-refractivity contribution in [2.24, 2.45) is 0 Å². The molecule has 12 heavy (non-hydrogen) atoms. The summed E-state index contributed by atoms with van der Waals surface area (Å²) >= 11 is 1.74. The van der Waals surface area contributed by atoms with Crippen LogP contribution < -0.4 is 0 Å². The lowest BCUT2D eigenvalue weighted by molar-refractivity contribution is -0.0955. The molecule has 0 amide bonds. The van der Waals surface area contributed by atoms with E-state index in [4.69, 9.17) is 0 Å². The van der Waals surface area contributed by atoms with Gasteiger partial charge in [0.25, 0.3) is 8.76 Å². The number of alkyl halides is 4. The maximum atomic E-state index is 12.4. The van der Waals surface area contributed by atoms with Crippen molar-refractivity contribution in [1.82, 2.24) is 0 Å². The van der Waals surface area contributed by atoms with Crippen molar-refractivity contribution < 1.29 is 26.3 Å². The molecule has 0 spiro atoms. The van der Waals surface area contributed by atoms with E-state index in [-0.39, 0.29) is 22.6 Å². The molecule has 0 N–H and O–H groups in total. The van der Waals surface area contributed by atoms with Gasteiger partial charge in [-0.2, -0.15) is 17.6 Å². The van der Waals surface area contributed by atoms with Crippen LogP contribution in [0.2, 0.25) is 0 Å². The van der Waals surface area contributed by atoms with Gasteiger partial charge in [0.05, 0.1) is 0 Å². The Morgan fingerprint density at radius 3 is 1.50 bits per heavy atom. The van der Waals surface area contributed by atoms with Crippen LogP contribution in [-0.2, 0) is 0 Å². The molecule has 1 atom stereocenters. The second kappa shape index (κ2) is 3.89. The van der Waals surface area contributed by atoms with Crippen molar-refractivity contribution >= 4 is 38.5 Å². The molecule has 0 aromatic carbocycles. The van der Waals surface area contributed by atoms with Crippen molar-refractivity contribution in [3.05, 3.63) is 11.5 Å². The van der Waals surface area contributed by atoms with Crippen molar-refractivity contribution in [3.8, 4) is 0 Å². The van der Waals surface area contributed by atoms with Crippen LogP contribution in [0.5, 0.6) is 0 Å². The summed E-state index contributed by atoms with van der Waals surface area (Å²) in [6.45, 7) is 0. The summed E-state index contributed by atoms with van der Waals surface area (Å²) in [4.78, 5) is 0.